The molecule has 0 atom stereocenters. The molecule has 30 heavy (non-hydrogen) atoms. The topological polar surface area (TPSA) is 63.0 Å². The largest absolute Gasteiger partial charge is 0.378 e. The van der Waals surface area contributed by atoms with Crippen molar-refractivity contribution in [2.45, 2.75) is 6.54 Å². The summed E-state index contributed by atoms with van der Waals surface area (Å²) in [5.41, 5.74) is 4.37. The summed E-state index contributed by atoms with van der Waals surface area (Å²) in [7, 11) is 4.03. The molecule has 0 radical (unpaired) electrons. The van der Waals surface area contributed by atoms with E-state index in [-0.39, 0.29) is 5.91 Å². The quantitative estimate of drug-likeness (QED) is 0.525. The lowest BCUT2D eigenvalue weighted by Crippen LogP contribution is -2.17. The Balaban J connectivity index is 1.66. The van der Waals surface area contributed by atoms with E-state index < -0.39 is 0 Å². The lowest BCUT2D eigenvalue weighted by atomic mass is 10.2. The zero-order valence-electron chi connectivity index (χ0n) is 17.0. The highest BCUT2D eigenvalue weighted by atomic mass is 16.2. The molecule has 2 heterocycles. The summed E-state index contributed by atoms with van der Waals surface area (Å²) in [4.78, 5) is 19.3. The molecule has 2 aromatic carbocycles. The third-order valence-electron chi connectivity index (χ3n) is 4.78. The summed E-state index contributed by atoms with van der Waals surface area (Å²) in [6.07, 6.45) is 3.45. The van der Waals surface area contributed by atoms with E-state index in [0.29, 0.717) is 23.6 Å². The molecule has 0 saturated carbocycles. The van der Waals surface area contributed by atoms with Gasteiger partial charge < -0.3 is 10.2 Å². The van der Waals surface area contributed by atoms with Gasteiger partial charge in [0, 0.05) is 55.9 Å². The predicted octanol–water partition coefficient (Wildman–Crippen LogP) is 4.31. The highest BCUT2D eigenvalue weighted by Crippen LogP contribution is 2.23. The summed E-state index contributed by atoms with van der Waals surface area (Å²) in [6.45, 7) is 0.571. The predicted molar refractivity (Wildman–Crippen MR) is 120 cm³/mol. The number of carbonyl (C=O) groups is 1. The maximum Gasteiger partial charge on any atom is 0.280 e. The molecule has 0 unspecified atom stereocenters. The molecule has 0 bridgehead atoms. The molecule has 6 heteroatoms. The molecule has 4 aromatic rings. The number of rotatable bonds is 6. The van der Waals surface area contributed by atoms with Crippen LogP contribution in [0.2, 0.25) is 0 Å². The minimum atomic E-state index is -0.185. The normalized spacial score (nSPS) is 10.6. The summed E-state index contributed by atoms with van der Waals surface area (Å²) < 4.78 is 1.42. The van der Waals surface area contributed by atoms with E-state index in [1.165, 1.54) is 4.68 Å². The molecule has 1 N–H and O–H groups in total. The average molecular weight is 397 g/mol. The zero-order valence-corrected chi connectivity index (χ0v) is 17.0. The maximum atomic E-state index is 13.1. The third-order valence-corrected chi connectivity index (χ3v) is 4.78. The van der Waals surface area contributed by atoms with Gasteiger partial charge in [0.15, 0.2) is 0 Å². The minimum absolute atomic E-state index is 0.185. The number of nitrogens with one attached hydrogen (secondary N) is 1. The first-order valence-electron chi connectivity index (χ1n) is 9.72. The van der Waals surface area contributed by atoms with Gasteiger partial charge in [-0.1, -0.05) is 30.3 Å². The van der Waals surface area contributed by atoms with E-state index >= 15 is 0 Å². The van der Waals surface area contributed by atoms with Crippen LogP contribution < -0.4 is 10.2 Å². The van der Waals surface area contributed by atoms with Crippen LogP contribution >= 0.6 is 0 Å². The average Bonchev–Trinajstić information content (AvgIpc) is 3.23. The SMILES string of the molecule is CN(C)c1cccc(CNc2cc(-c3cccnc3)nn2C(=O)c2ccccc2)c1. The molecule has 0 spiro atoms. The lowest BCUT2D eigenvalue weighted by Gasteiger charge is -2.14. The molecule has 4 rings (SSSR count). The molecular formula is C24H23N5O. The van der Waals surface area contributed by atoms with E-state index in [9.17, 15) is 4.79 Å². The fourth-order valence-corrected chi connectivity index (χ4v) is 3.16. The summed E-state index contributed by atoms with van der Waals surface area (Å²) in [5, 5.41) is 7.95. The third kappa shape index (κ3) is 4.22. The van der Waals surface area contributed by atoms with E-state index in [4.69, 9.17) is 0 Å². The van der Waals surface area contributed by atoms with Crippen LogP contribution in [-0.4, -0.2) is 34.8 Å². The van der Waals surface area contributed by atoms with Crippen molar-refractivity contribution in [2.75, 3.05) is 24.3 Å². The standard InChI is InChI=1S/C24H23N5O/c1-28(2)21-12-6-8-18(14-21)16-26-23-15-22(20-11-7-13-25-17-20)27-29(23)24(30)19-9-4-3-5-10-19/h3-15,17,26H,16H2,1-2H3. The van der Waals surface area contributed by atoms with Crippen molar-refractivity contribution >= 4 is 17.4 Å². The van der Waals surface area contributed by atoms with Gasteiger partial charge in [-0.2, -0.15) is 9.78 Å². The lowest BCUT2D eigenvalue weighted by molar-refractivity contribution is 0.0948. The van der Waals surface area contributed by atoms with Gasteiger partial charge >= 0.3 is 0 Å². The highest BCUT2D eigenvalue weighted by Gasteiger charge is 2.17. The van der Waals surface area contributed by atoms with Gasteiger partial charge in [0.25, 0.3) is 5.91 Å². The van der Waals surface area contributed by atoms with E-state index in [0.717, 1.165) is 16.8 Å². The van der Waals surface area contributed by atoms with Crippen molar-refractivity contribution in [1.82, 2.24) is 14.8 Å². The Morgan fingerprint density at radius 2 is 1.83 bits per heavy atom. The molecule has 150 valence electrons. The number of aromatic nitrogens is 3. The summed E-state index contributed by atoms with van der Waals surface area (Å²) in [5.74, 6) is 0.452. The first-order valence-corrected chi connectivity index (χ1v) is 9.72. The molecule has 0 aliphatic heterocycles. The van der Waals surface area contributed by atoms with Crippen molar-refractivity contribution in [3.8, 4) is 11.3 Å². The van der Waals surface area contributed by atoms with Crippen molar-refractivity contribution in [2.24, 2.45) is 0 Å². The summed E-state index contributed by atoms with van der Waals surface area (Å²) in [6, 6.07) is 23.1. The molecule has 0 amide bonds. The van der Waals surface area contributed by atoms with Crippen molar-refractivity contribution in [3.05, 3.63) is 96.3 Å². The summed E-state index contributed by atoms with van der Waals surface area (Å²) >= 11 is 0. The fourth-order valence-electron chi connectivity index (χ4n) is 3.16. The van der Waals surface area contributed by atoms with Gasteiger partial charge in [-0.25, -0.2) is 0 Å². The molecule has 0 aliphatic carbocycles. The van der Waals surface area contributed by atoms with Crippen LogP contribution in [0.1, 0.15) is 15.9 Å². The molecular weight excluding hydrogens is 374 g/mol. The highest BCUT2D eigenvalue weighted by molar-refractivity contribution is 5.97. The van der Waals surface area contributed by atoms with E-state index in [1.807, 2.05) is 56.6 Å². The first kappa shape index (κ1) is 19.4. The second-order valence-electron chi connectivity index (χ2n) is 7.16. The zero-order chi connectivity index (χ0) is 20.9. The van der Waals surface area contributed by atoms with Crippen LogP contribution in [0, 0.1) is 0 Å². The van der Waals surface area contributed by atoms with Gasteiger partial charge in [0.2, 0.25) is 0 Å². The van der Waals surface area contributed by atoms with E-state index in [2.05, 4.69) is 38.5 Å². The van der Waals surface area contributed by atoms with Crippen molar-refractivity contribution in [1.29, 1.82) is 0 Å². The molecule has 0 fully saturated rings. The molecule has 0 aliphatic rings. The number of hydrogen-bond acceptors (Lipinski definition) is 5. The maximum absolute atomic E-state index is 13.1. The van der Waals surface area contributed by atoms with Crippen molar-refractivity contribution < 1.29 is 4.79 Å². The fraction of sp³-hybridized carbons (Fsp3) is 0.125. The number of nitrogens with zero attached hydrogens (tertiary/aromatic N) is 4. The van der Waals surface area contributed by atoms with E-state index in [1.54, 1.807) is 24.5 Å². The van der Waals surface area contributed by atoms with Crippen LogP contribution in [0.15, 0.2) is 85.2 Å². The van der Waals surface area contributed by atoms with Crippen LogP contribution in [-0.2, 0) is 6.54 Å². The number of anilines is 2. The number of carbonyl (C=O) groups excluding carboxylic acids is 1. The second-order valence-corrected chi connectivity index (χ2v) is 7.16. The Bertz CT molecular complexity index is 1140. The Hall–Kier alpha value is -3.93. The smallest absolute Gasteiger partial charge is 0.280 e. The van der Waals surface area contributed by atoms with Gasteiger partial charge in [-0.05, 0) is 42.0 Å². The van der Waals surface area contributed by atoms with Crippen molar-refractivity contribution in [3.63, 3.8) is 0 Å². The number of pyridine rings is 1. The van der Waals surface area contributed by atoms with Gasteiger partial charge in [-0.15, -0.1) is 0 Å². The van der Waals surface area contributed by atoms with Crippen LogP contribution in [0.4, 0.5) is 11.5 Å². The monoisotopic (exact) mass is 397 g/mol. The van der Waals surface area contributed by atoms with Crippen LogP contribution in [0.3, 0.4) is 0 Å². The minimum Gasteiger partial charge on any atom is -0.378 e. The number of hydrogen-bond donors (Lipinski definition) is 1. The Morgan fingerprint density at radius 1 is 1.00 bits per heavy atom. The van der Waals surface area contributed by atoms with Gasteiger partial charge in [-0.3, -0.25) is 9.78 Å². The van der Waals surface area contributed by atoms with Gasteiger partial charge in [0.1, 0.15) is 5.82 Å². The first-order chi connectivity index (χ1) is 14.6. The van der Waals surface area contributed by atoms with Crippen LogP contribution in [0.5, 0.6) is 0 Å². The Morgan fingerprint density at radius 3 is 2.57 bits per heavy atom. The molecule has 0 saturated heterocycles. The number of benzene rings is 2. The van der Waals surface area contributed by atoms with Gasteiger partial charge in [0.05, 0.1) is 5.69 Å². The Labute approximate surface area is 175 Å². The molecule has 2 aromatic heterocycles. The molecule has 6 nitrogen and oxygen atoms in total. The second kappa shape index (κ2) is 8.61. The van der Waals surface area contributed by atoms with Crippen LogP contribution in [0.25, 0.3) is 11.3 Å². The Kier molecular flexibility index (Phi) is 5.57.